The summed E-state index contributed by atoms with van der Waals surface area (Å²) in [6.07, 6.45) is 0. The van der Waals surface area contributed by atoms with Crippen LogP contribution in [0.4, 0.5) is 8.78 Å². The third kappa shape index (κ3) is 4.14. The number of aliphatic carboxylic acids is 1. The SMILES string of the molecule is C[C@H](NS(=O)(=O)c1ccccc1OC(F)F)C(=O)O. The molecule has 0 aliphatic carbocycles. The standard InChI is InChI=1S/C10H11F2NO5S/c1-6(9(14)15)13-19(16,17)8-5-3-2-4-7(8)18-10(11)12/h2-6,10,13H,1H3,(H,14,15)/t6-/m0/s1. The minimum atomic E-state index is -4.27. The lowest BCUT2D eigenvalue weighted by Crippen LogP contribution is -2.38. The molecule has 0 fully saturated rings. The summed E-state index contributed by atoms with van der Waals surface area (Å²) in [5.74, 6) is -1.95. The summed E-state index contributed by atoms with van der Waals surface area (Å²) in [5.41, 5.74) is 0. The molecule has 106 valence electrons. The molecule has 0 bridgehead atoms. The number of rotatable bonds is 6. The molecule has 0 spiro atoms. The zero-order chi connectivity index (χ0) is 14.6. The van der Waals surface area contributed by atoms with Crippen LogP contribution in [0.25, 0.3) is 0 Å². The van der Waals surface area contributed by atoms with Gasteiger partial charge >= 0.3 is 12.6 Å². The summed E-state index contributed by atoms with van der Waals surface area (Å²) >= 11 is 0. The van der Waals surface area contributed by atoms with Gasteiger partial charge in [0, 0.05) is 0 Å². The van der Waals surface area contributed by atoms with Crippen LogP contribution in [0.15, 0.2) is 29.2 Å². The fourth-order valence-corrected chi connectivity index (χ4v) is 2.54. The fourth-order valence-electron chi connectivity index (χ4n) is 1.21. The maximum Gasteiger partial charge on any atom is 0.387 e. The molecule has 1 atom stereocenters. The Hall–Kier alpha value is -1.74. The van der Waals surface area contributed by atoms with Crippen molar-refractivity contribution in [3.8, 4) is 5.75 Å². The Bertz CT molecular complexity index is 561. The molecule has 1 aromatic carbocycles. The first-order valence-corrected chi connectivity index (χ1v) is 6.51. The van der Waals surface area contributed by atoms with Crippen LogP contribution < -0.4 is 9.46 Å². The van der Waals surface area contributed by atoms with Gasteiger partial charge in [0.05, 0.1) is 0 Å². The van der Waals surface area contributed by atoms with E-state index in [1.54, 1.807) is 0 Å². The van der Waals surface area contributed by atoms with Crippen LogP contribution in [0.2, 0.25) is 0 Å². The molecule has 19 heavy (non-hydrogen) atoms. The maximum absolute atomic E-state index is 12.1. The lowest BCUT2D eigenvalue weighted by Gasteiger charge is -2.13. The van der Waals surface area contributed by atoms with Crippen molar-refractivity contribution in [2.24, 2.45) is 0 Å². The minimum absolute atomic E-state index is 0.552. The van der Waals surface area contributed by atoms with Crippen molar-refractivity contribution in [1.29, 1.82) is 0 Å². The zero-order valence-electron chi connectivity index (χ0n) is 9.71. The number of carboxylic acids is 1. The van der Waals surface area contributed by atoms with Gasteiger partial charge in [0.1, 0.15) is 16.7 Å². The van der Waals surface area contributed by atoms with Gasteiger partial charge < -0.3 is 9.84 Å². The Labute approximate surface area is 108 Å². The quantitative estimate of drug-likeness (QED) is 0.818. The van der Waals surface area contributed by atoms with Crippen molar-refractivity contribution in [2.75, 3.05) is 0 Å². The van der Waals surface area contributed by atoms with Crippen molar-refractivity contribution >= 4 is 16.0 Å². The van der Waals surface area contributed by atoms with E-state index in [1.165, 1.54) is 12.1 Å². The first kappa shape index (κ1) is 15.3. The number of ether oxygens (including phenoxy) is 1. The Morgan fingerprint density at radius 1 is 1.37 bits per heavy atom. The molecule has 1 rings (SSSR count). The summed E-state index contributed by atoms with van der Waals surface area (Å²) in [4.78, 5) is 10.0. The van der Waals surface area contributed by atoms with Gasteiger partial charge in [-0.05, 0) is 19.1 Å². The number of para-hydroxylation sites is 1. The van der Waals surface area contributed by atoms with E-state index in [9.17, 15) is 22.0 Å². The van der Waals surface area contributed by atoms with E-state index in [0.717, 1.165) is 19.1 Å². The number of alkyl halides is 2. The molecule has 0 aromatic heterocycles. The molecule has 1 aromatic rings. The van der Waals surface area contributed by atoms with Crippen LogP contribution in [0.1, 0.15) is 6.92 Å². The zero-order valence-corrected chi connectivity index (χ0v) is 10.5. The molecule has 0 radical (unpaired) electrons. The van der Waals surface area contributed by atoms with Crippen LogP contribution in [0, 0.1) is 0 Å². The Balaban J connectivity index is 3.11. The first-order chi connectivity index (χ1) is 8.74. The lowest BCUT2D eigenvalue weighted by atomic mass is 10.3. The highest BCUT2D eigenvalue weighted by Crippen LogP contribution is 2.24. The molecule has 0 unspecified atom stereocenters. The number of nitrogens with one attached hydrogen (secondary N) is 1. The van der Waals surface area contributed by atoms with Gasteiger partial charge in [-0.15, -0.1) is 0 Å². The molecule has 2 N–H and O–H groups in total. The molecule has 0 saturated heterocycles. The number of hydrogen-bond acceptors (Lipinski definition) is 4. The highest BCUT2D eigenvalue weighted by molar-refractivity contribution is 7.89. The smallest absolute Gasteiger partial charge is 0.387 e. The second kappa shape index (κ2) is 5.93. The van der Waals surface area contributed by atoms with Crippen LogP contribution in [-0.4, -0.2) is 32.1 Å². The average Bonchev–Trinajstić information content (AvgIpc) is 2.27. The predicted octanol–water partition coefficient (Wildman–Crippen LogP) is 1.04. The second-order valence-corrected chi connectivity index (χ2v) is 5.19. The van der Waals surface area contributed by atoms with Crippen LogP contribution in [0.3, 0.4) is 0 Å². The summed E-state index contributed by atoms with van der Waals surface area (Å²) in [7, 11) is -4.27. The number of carboxylic acid groups (broad SMARTS) is 1. The Morgan fingerprint density at radius 3 is 2.47 bits per heavy atom. The molecule has 6 nitrogen and oxygen atoms in total. The van der Waals surface area contributed by atoms with Crippen molar-refractivity contribution in [3.05, 3.63) is 24.3 Å². The summed E-state index contributed by atoms with van der Waals surface area (Å²) < 4.78 is 53.9. The third-order valence-electron chi connectivity index (χ3n) is 2.06. The second-order valence-electron chi connectivity index (χ2n) is 3.51. The monoisotopic (exact) mass is 295 g/mol. The van der Waals surface area contributed by atoms with Crippen LogP contribution in [0.5, 0.6) is 5.75 Å². The normalized spacial score (nSPS) is 13.3. The van der Waals surface area contributed by atoms with Crippen molar-refractivity contribution in [3.63, 3.8) is 0 Å². The van der Waals surface area contributed by atoms with E-state index in [4.69, 9.17) is 5.11 Å². The Morgan fingerprint density at radius 2 is 1.95 bits per heavy atom. The Kier molecular flexibility index (Phi) is 4.78. The van der Waals surface area contributed by atoms with Gasteiger partial charge in [-0.1, -0.05) is 12.1 Å². The van der Waals surface area contributed by atoms with E-state index in [-0.39, 0.29) is 0 Å². The van der Waals surface area contributed by atoms with Crippen molar-refractivity contribution < 1.29 is 31.8 Å². The van der Waals surface area contributed by atoms with E-state index in [1.807, 2.05) is 4.72 Å². The maximum atomic E-state index is 12.1. The number of halogens is 2. The topological polar surface area (TPSA) is 92.7 Å². The number of sulfonamides is 1. The van der Waals surface area contributed by atoms with Crippen LogP contribution >= 0.6 is 0 Å². The molecule has 0 aliphatic rings. The van der Waals surface area contributed by atoms with Gasteiger partial charge in [0.15, 0.2) is 0 Å². The van der Waals surface area contributed by atoms with Crippen molar-refractivity contribution in [2.45, 2.75) is 24.5 Å². The molecular formula is C10H11F2NO5S. The van der Waals surface area contributed by atoms with E-state index >= 15 is 0 Å². The fraction of sp³-hybridized carbons (Fsp3) is 0.300. The first-order valence-electron chi connectivity index (χ1n) is 5.03. The van der Waals surface area contributed by atoms with Gasteiger partial charge in [-0.25, -0.2) is 8.42 Å². The van der Waals surface area contributed by atoms with Gasteiger partial charge in [0.25, 0.3) is 0 Å². The van der Waals surface area contributed by atoms with Crippen LogP contribution in [-0.2, 0) is 14.8 Å². The molecule has 0 amide bonds. The van der Waals surface area contributed by atoms with E-state index in [0.29, 0.717) is 0 Å². The summed E-state index contributed by atoms with van der Waals surface area (Å²) in [6.45, 7) is -2.08. The average molecular weight is 295 g/mol. The van der Waals surface area contributed by atoms with E-state index < -0.39 is 39.3 Å². The van der Waals surface area contributed by atoms with Gasteiger partial charge in [-0.3, -0.25) is 4.79 Å². The third-order valence-corrected chi connectivity index (χ3v) is 3.64. The summed E-state index contributed by atoms with van der Waals surface area (Å²) in [5, 5.41) is 8.63. The minimum Gasteiger partial charge on any atom is -0.480 e. The van der Waals surface area contributed by atoms with Gasteiger partial charge in [-0.2, -0.15) is 13.5 Å². The van der Waals surface area contributed by atoms with Crippen molar-refractivity contribution in [1.82, 2.24) is 4.72 Å². The molecule has 0 heterocycles. The predicted molar refractivity (Wildman–Crippen MR) is 60.5 cm³/mol. The highest BCUT2D eigenvalue weighted by Gasteiger charge is 2.25. The largest absolute Gasteiger partial charge is 0.480 e. The number of hydrogen-bond donors (Lipinski definition) is 2. The lowest BCUT2D eigenvalue weighted by molar-refractivity contribution is -0.138. The molecule has 9 heteroatoms. The molecular weight excluding hydrogens is 284 g/mol. The number of carbonyl (C=O) groups is 1. The molecule has 0 aliphatic heterocycles. The highest BCUT2D eigenvalue weighted by atomic mass is 32.2. The molecule has 0 saturated carbocycles. The van der Waals surface area contributed by atoms with Gasteiger partial charge in [0.2, 0.25) is 10.0 Å². The summed E-state index contributed by atoms with van der Waals surface area (Å²) in [6, 6.07) is 3.31. The van der Waals surface area contributed by atoms with E-state index in [2.05, 4.69) is 4.74 Å². The number of benzene rings is 1.